The predicted molar refractivity (Wildman–Crippen MR) is 74.8 cm³/mol. The smallest absolute Gasteiger partial charge is 0.176 e. The number of rotatable bonds is 2. The van der Waals surface area contributed by atoms with Crippen molar-refractivity contribution in [2.45, 2.75) is 45.6 Å². The lowest BCUT2D eigenvalue weighted by atomic mass is 9.79. The predicted octanol–water partition coefficient (Wildman–Crippen LogP) is 3.68. The van der Waals surface area contributed by atoms with Crippen LogP contribution in [0.4, 0.5) is 0 Å². The molecule has 1 aliphatic rings. The summed E-state index contributed by atoms with van der Waals surface area (Å²) in [6.45, 7) is 4.32. The van der Waals surface area contributed by atoms with Gasteiger partial charge in [-0.15, -0.1) is 0 Å². The molecule has 1 atom stereocenters. The van der Waals surface area contributed by atoms with Crippen LogP contribution in [0.1, 0.15) is 47.9 Å². The van der Waals surface area contributed by atoms with Crippen molar-refractivity contribution in [1.29, 1.82) is 0 Å². The van der Waals surface area contributed by atoms with Crippen LogP contribution in [0.25, 0.3) is 11.0 Å². The van der Waals surface area contributed by atoms with E-state index in [4.69, 9.17) is 9.15 Å². The molecule has 1 unspecified atom stereocenters. The van der Waals surface area contributed by atoms with Crippen molar-refractivity contribution >= 4 is 11.0 Å². The monoisotopic (exact) mass is 260 g/mol. The summed E-state index contributed by atoms with van der Waals surface area (Å²) in [6, 6.07) is 0. The van der Waals surface area contributed by atoms with Crippen LogP contribution in [0.2, 0.25) is 0 Å². The summed E-state index contributed by atoms with van der Waals surface area (Å²) in [4.78, 5) is 0. The van der Waals surface area contributed by atoms with Crippen molar-refractivity contribution in [2.75, 3.05) is 7.11 Å². The minimum Gasteiger partial charge on any atom is -0.493 e. The molecule has 0 bridgehead atoms. The van der Waals surface area contributed by atoms with Gasteiger partial charge in [-0.25, -0.2) is 0 Å². The molecule has 1 heterocycles. The first-order valence-corrected chi connectivity index (χ1v) is 6.89. The Morgan fingerprint density at radius 1 is 1.47 bits per heavy atom. The maximum atomic E-state index is 9.83. The van der Waals surface area contributed by atoms with Gasteiger partial charge in [-0.3, -0.25) is 0 Å². The van der Waals surface area contributed by atoms with Crippen LogP contribution in [0.3, 0.4) is 0 Å². The van der Waals surface area contributed by atoms with Gasteiger partial charge in [0.2, 0.25) is 0 Å². The number of aliphatic hydroxyl groups is 1. The first-order valence-electron chi connectivity index (χ1n) is 6.89. The number of methoxy groups -OCH3 is 1. The summed E-state index contributed by atoms with van der Waals surface area (Å²) >= 11 is 0. The van der Waals surface area contributed by atoms with E-state index in [0.29, 0.717) is 5.92 Å². The van der Waals surface area contributed by atoms with Gasteiger partial charge in [0.05, 0.1) is 20.0 Å². The zero-order chi connectivity index (χ0) is 13.6. The minimum absolute atomic E-state index is 0.0630. The highest BCUT2D eigenvalue weighted by Gasteiger charge is 2.28. The van der Waals surface area contributed by atoms with Gasteiger partial charge in [-0.05, 0) is 48.8 Å². The third-order valence-electron chi connectivity index (χ3n) is 4.33. The molecule has 1 N–H and O–H groups in total. The number of benzene rings is 1. The molecule has 1 aliphatic carbocycles. The molecule has 0 aliphatic heterocycles. The van der Waals surface area contributed by atoms with E-state index in [-0.39, 0.29) is 6.61 Å². The van der Waals surface area contributed by atoms with Gasteiger partial charge in [0, 0.05) is 10.9 Å². The summed E-state index contributed by atoms with van der Waals surface area (Å²) in [5.74, 6) is 1.33. The third kappa shape index (κ3) is 1.68. The molecule has 19 heavy (non-hydrogen) atoms. The molecular formula is C16H20O3. The zero-order valence-corrected chi connectivity index (χ0v) is 11.7. The van der Waals surface area contributed by atoms with Gasteiger partial charge in [0.1, 0.15) is 0 Å². The van der Waals surface area contributed by atoms with Gasteiger partial charge in [0.25, 0.3) is 0 Å². The summed E-state index contributed by atoms with van der Waals surface area (Å²) in [6.07, 6.45) is 5.10. The molecule has 0 radical (unpaired) electrons. The molecule has 102 valence electrons. The second kappa shape index (κ2) is 4.57. The summed E-state index contributed by atoms with van der Waals surface area (Å²) in [5, 5.41) is 10.9. The van der Waals surface area contributed by atoms with Gasteiger partial charge in [0.15, 0.2) is 11.3 Å². The molecule has 1 aromatic heterocycles. The number of hydrogen-bond donors (Lipinski definition) is 1. The highest BCUT2D eigenvalue weighted by atomic mass is 16.5. The fourth-order valence-corrected chi connectivity index (χ4v) is 3.52. The number of ether oxygens (including phenoxy) is 1. The highest BCUT2D eigenvalue weighted by molar-refractivity contribution is 5.92. The van der Waals surface area contributed by atoms with E-state index in [2.05, 4.69) is 6.92 Å². The minimum atomic E-state index is 0.0630. The number of fused-ring (bicyclic) bond motifs is 2. The van der Waals surface area contributed by atoms with E-state index in [9.17, 15) is 5.11 Å². The SMILES string of the molecule is COc1c2c(c(CO)c3c(C)coc13)C(C)CCC2. The molecule has 3 rings (SSSR count). The van der Waals surface area contributed by atoms with Crippen LogP contribution in [-0.2, 0) is 13.0 Å². The molecule has 0 amide bonds. The quantitative estimate of drug-likeness (QED) is 0.895. The number of aryl methyl sites for hydroxylation is 1. The first kappa shape index (κ1) is 12.5. The topological polar surface area (TPSA) is 42.6 Å². The highest BCUT2D eigenvalue weighted by Crippen LogP contribution is 2.45. The molecule has 3 nitrogen and oxygen atoms in total. The lowest BCUT2D eigenvalue weighted by Gasteiger charge is -2.27. The van der Waals surface area contributed by atoms with Crippen LogP contribution in [0.5, 0.6) is 5.75 Å². The lowest BCUT2D eigenvalue weighted by Crippen LogP contribution is -2.12. The Morgan fingerprint density at radius 2 is 2.26 bits per heavy atom. The molecule has 0 saturated heterocycles. The number of hydrogen-bond acceptors (Lipinski definition) is 3. The summed E-state index contributed by atoms with van der Waals surface area (Å²) in [5.41, 5.74) is 5.40. The fraction of sp³-hybridized carbons (Fsp3) is 0.500. The van der Waals surface area contributed by atoms with Gasteiger partial charge < -0.3 is 14.3 Å². The molecule has 0 spiro atoms. The normalized spacial score (nSPS) is 18.6. The van der Waals surface area contributed by atoms with Crippen molar-refractivity contribution in [3.63, 3.8) is 0 Å². The second-order valence-electron chi connectivity index (χ2n) is 5.48. The molecule has 0 saturated carbocycles. The van der Waals surface area contributed by atoms with Crippen LogP contribution in [-0.4, -0.2) is 12.2 Å². The summed E-state index contributed by atoms with van der Waals surface area (Å²) in [7, 11) is 1.70. The Hall–Kier alpha value is -1.48. The van der Waals surface area contributed by atoms with Crippen molar-refractivity contribution in [3.8, 4) is 5.75 Å². The van der Waals surface area contributed by atoms with Crippen molar-refractivity contribution in [3.05, 3.63) is 28.5 Å². The average molecular weight is 260 g/mol. The van der Waals surface area contributed by atoms with E-state index in [1.807, 2.05) is 6.92 Å². The second-order valence-corrected chi connectivity index (χ2v) is 5.48. The van der Waals surface area contributed by atoms with Gasteiger partial charge in [-0.1, -0.05) is 6.92 Å². The Labute approximate surface area is 113 Å². The van der Waals surface area contributed by atoms with E-state index in [1.54, 1.807) is 13.4 Å². The number of aliphatic hydroxyl groups excluding tert-OH is 1. The lowest BCUT2D eigenvalue weighted by molar-refractivity contribution is 0.280. The zero-order valence-electron chi connectivity index (χ0n) is 11.7. The van der Waals surface area contributed by atoms with E-state index in [1.165, 1.54) is 24.0 Å². The van der Waals surface area contributed by atoms with Crippen molar-refractivity contribution in [1.82, 2.24) is 0 Å². The van der Waals surface area contributed by atoms with E-state index < -0.39 is 0 Å². The molecular weight excluding hydrogens is 240 g/mol. The maximum Gasteiger partial charge on any atom is 0.176 e. The standard InChI is InChI=1S/C16H20O3/c1-9-5-4-6-11-13(9)12(7-17)14-10(2)8-19-16(14)15(11)18-3/h8-9,17H,4-7H2,1-3H3. The molecule has 1 aromatic carbocycles. The van der Waals surface area contributed by atoms with Crippen LogP contribution in [0, 0.1) is 6.92 Å². The van der Waals surface area contributed by atoms with Crippen LogP contribution < -0.4 is 4.74 Å². The fourth-order valence-electron chi connectivity index (χ4n) is 3.52. The first-order chi connectivity index (χ1) is 9.19. The Morgan fingerprint density at radius 3 is 2.95 bits per heavy atom. The Balaban J connectivity index is 2.46. The third-order valence-corrected chi connectivity index (χ3v) is 4.33. The number of furan rings is 1. The van der Waals surface area contributed by atoms with Crippen molar-refractivity contribution < 1.29 is 14.3 Å². The van der Waals surface area contributed by atoms with Crippen LogP contribution in [0.15, 0.2) is 10.7 Å². The summed E-state index contributed by atoms with van der Waals surface area (Å²) < 4.78 is 11.3. The molecule has 2 aromatic rings. The van der Waals surface area contributed by atoms with Gasteiger partial charge >= 0.3 is 0 Å². The molecule has 3 heteroatoms. The van der Waals surface area contributed by atoms with Gasteiger partial charge in [-0.2, -0.15) is 0 Å². The molecule has 0 fully saturated rings. The maximum absolute atomic E-state index is 9.83. The van der Waals surface area contributed by atoms with Crippen LogP contribution >= 0.6 is 0 Å². The largest absolute Gasteiger partial charge is 0.493 e. The van der Waals surface area contributed by atoms with Crippen molar-refractivity contribution in [2.24, 2.45) is 0 Å². The Kier molecular flexibility index (Phi) is 3.02. The van der Waals surface area contributed by atoms with E-state index in [0.717, 1.165) is 34.3 Å². The average Bonchev–Trinajstić information content (AvgIpc) is 2.79. The van der Waals surface area contributed by atoms with E-state index >= 15 is 0 Å². The Bertz CT molecular complexity index is 625.